The molecule has 0 aliphatic rings. The molecule has 0 aliphatic heterocycles. The van der Waals surface area contributed by atoms with Crippen LogP contribution < -0.4 is 0 Å². The lowest BCUT2D eigenvalue weighted by molar-refractivity contribution is 0.0338. The van der Waals surface area contributed by atoms with Crippen LogP contribution in [0.4, 0.5) is 4.79 Å². The van der Waals surface area contributed by atoms with Crippen molar-refractivity contribution in [3.63, 3.8) is 0 Å². The van der Waals surface area contributed by atoms with Gasteiger partial charge in [0.1, 0.15) is 11.9 Å². The molecule has 0 N–H and O–H groups in total. The van der Waals surface area contributed by atoms with Crippen LogP contribution in [0.25, 0.3) is 0 Å². The number of imidazole rings is 1. The van der Waals surface area contributed by atoms with Crippen LogP contribution in [0.15, 0.2) is 49.1 Å². The fourth-order valence-corrected chi connectivity index (χ4v) is 1.80. The topological polar surface area (TPSA) is 44.1 Å². The first-order valence-corrected chi connectivity index (χ1v) is 6.32. The second-order valence-corrected chi connectivity index (χ2v) is 5.08. The molecular weight excluding hydrogens is 240 g/mol. The highest BCUT2D eigenvalue weighted by atomic mass is 16.6. The van der Waals surface area contributed by atoms with Gasteiger partial charge in [-0.15, -0.1) is 0 Å². The molecule has 0 aliphatic carbocycles. The standard InChI is InChI=1S/C15H18N2O2/c1-15(2,9-8-13-6-4-3-5-7-13)19-14(18)17-11-10-16-12-17/h3-7,10-12H,8-9H2,1-2H3. The predicted octanol–water partition coefficient (Wildman–Crippen LogP) is 3.28. The number of carbonyl (C=O) groups excluding carboxylic acids is 1. The van der Waals surface area contributed by atoms with Gasteiger partial charge in [0.05, 0.1) is 0 Å². The molecule has 100 valence electrons. The first kappa shape index (κ1) is 13.3. The van der Waals surface area contributed by atoms with Crippen LogP contribution in [0, 0.1) is 0 Å². The lowest BCUT2D eigenvalue weighted by atomic mass is 9.99. The molecule has 1 aromatic heterocycles. The Balaban J connectivity index is 1.90. The molecule has 1 heterocycles. The lowest BCUT2D eigenvalue weighted by Crippen LogP contribution is -2.30. The number of ether oxygens (including phenoxy) is 1. The Morgan fingerprint density at radius 1 is 1.32 bits per heavy atom. The number of nitrogens with zero attached hydrogens (tertiary/aromatic N) is 2. The van der Waals surface area contributed by atoms with Crippen LogP contribution in [-0.4, -0.2) is 21.2 Å². The molecule has 0 unspecified atom stereocenters. The van der Waals surface area contributed by atoms with E-state index >= 15 is 0 Å². The Morgan fingerprint density at radius 3 is 2.68 bits per heavy atom. The van der Waals surface area contributed by atoms with E-state index in [0.29, 0.717) is 0 Å². The number of benzene rings is 1. The zero-order chi connectivity index (χ0) is 13.7. The van der Waals surface area contributed by atoms with Crippen LogP contribution in [0.1, 0.15) is 25.8 Å². The number of carbonyl (C=O) groups is 1. The highest BCUT2D eigenvalue weighted by Gasteiger charge is 2.23. The molecule has 0 amide bonds. The first-order valence-electron chi connectivity index (χ1n) is 6.32. The van der Waals surface area contributed by atoms with Gasteiger partial charge >= 0.3 is 6.09 Å². The van der Waals surface area contributed by atoms with Crippen molar-refractivity contribution in [3.05, 3.63) is 54.6 Å². The number of rotatable bonds is 4. The van der Waals surface area contributed by atoms with Gasteiger partial charge in [0, 0.05) is 12.4 Å². The summed E-state index contributed by atoms with van der Waals surface area (Å²) < 4.78 is 6.83. The van der Waals surface area contributed by atoms with Crippen molar-refractivity contribution >= 4 is 6.09 Å². The third-order valence-electron chi connectivity index (χ3n) is 2.94. The minimum Gasteiger partial charge on any atom is -0.443 e. The summed E-state index contributed by atoms with van der Waals surface area (Å²) in [7, 11) is 0. The maximum atomic E-state index is 11.8. The average molecular weight is 258 g/mol. The fourth-order valence-electron chi connectivity index (χ4n) is 1.80. The maximum Gasteiger partial charge on any atom is 0.419 e. The monoisotopic (exact) mass is 258 g/mol. The molecule has 2 rings (SSSR count). The lowest BCUT2D eigenvalue weighted by Gasteiger charge is -2.25. The Morgan fingerprint density at radius 2 is 2.05 bits per heavy atom. The van der Waals surface area contributed by atoms with E-state index in [2.05, 4.69) is 17.1 Å². The van der Waals surface area contributed by atoms with Gasteiger partial charge in [-0.05, 0) is 32.3 Å². The third-order valence-corrected chi connectivity index (χ3v) is 2.94. The smallest absolute Gasteiger partial charge is 0.419 e. The number of hydrogen-bond donors (Lipinski definition) is 0. The van der Waals surface area contributed by atoms with Crippen molar-refractivity contribution < 1.29 is 9.53 Å². The molecule has 4 heteroatoms. The fraction of sp³-hybridized carbons (Fsp3) is 0.333. The Bertz CT molecular complexity index is 518. The molecule has 0 spiro atoms. The summed E-state index contributed by atoms with van der Waals surface area (Å²) in [4.78, 5) is 15.7. The molecule has 4 nitrogen and oxygen atoms in total. The summed E-state index contributed by atoms with van der Waals surface area (Å²) in [5.74, 6) is 0. The van der Waals surface area contributed by atoms with Gasteiger partial charge < -0.3 is 4.74 Å². The molecule has 2 aromatic rings. The summed E-state index contributed by atoms with van der Waals surface area (Å²) in [6.45, 7) is 3.84. The quantitative estimate of drug-likeness (QED) is 0.845. The van der Waals surface area contributed by atoms with Gasteiger partial charge in [-0.1, -0.05) is 30.3 Å². The zero-order valence-electron chi connectivity index (χ0n) is 11.2. The van der Waals surface area contributed by atoms with Crippen molar-refractivity contribution in [2.45, 2.75) is 32.3 Å². The van der Waals surface area contributed by atoms with Gasteiger partial charge in [0.2, 0.25) is 0 Å². The minimum absolute atomic E-state index is 0.393. The Kier molecular flexibility index (Phi) is 4.00. The second-order valence-electron chi connectivity index (χ2n) is 5.08. The van der Waals surface area contributed by atoms with Crippen molar-refractivity contribution in [1.82, 2.24) is 9.55 Å². The van der Waals surface area contributed by atoms with E-state index in [-0.39, 0.29) is 0 Å². The van der Waals surface area contributed by atoms with E-state index < -0.39 is 11.7 Å². The number of aryl methyl sites for hydroxylation is 1. The molecule has 0 saturated carbocycles. The molecule has 0 atom stereocenters. The minimum atomic E-state index is -0.503. The maximum absolute atomic E-state index is 11.8. The van der Waals surface area contributed by atoms with Crippen molar-refractivity contribution in [1.29, 1.82) is 0 Å². The summed E-state index contributed by atoms with van der Waals surface area (Å²) >= 11 is 0. The molecule has 0 fully saturated rings. The summed E-state index contributed by atoms with van der Waals surface area (Å²) in [6.07, 6.45) is 5.84. The summed E-state index contributed by atoms with van der Waals surface area (Å²) in [5, 5.41) is 0. The summed E-state index contributed by atoms with van der Waals surface area (Å²) in [5.41, 5.74) is 0.742. The van der Waals surface area contributed by atoms with Crippen molar-refractivity contribution in [2.24, 2.45) is 0 Å². The molecular formula is C15H18N2O2. The van der Waals surface area contributed by atoms with Gasteiger partial charge in [-0.2, -0.15) is 0 Å². The number of aromatic nitrogens is 2. The van der Waals surface area contributed by atoms with Crippen molar-refractivity contribution in [2.75, 3.05) is 0 Å². The zero-order valence-corrected chi connectivity index (χ0v) is 11.2. The highest BCUT2D eigenvalue weighted by molar-refractivity contribution is 5.70. The normalized spacial score (nSPS) is 11.3. The van der Waals surface area contributed by atoms with Gasteiger partial charge in [-0.25, -0.2) is 14.3 Å². The molecule has 0 saturated heterocycles. The molecule has 0 radical (unpaired) electrons. The van der Waals surface area contributed by atoms with E-state index in [1.54, 1.807) is 12.4 Å². The molecule has 0 bridgehead atoms. The molecule has 1 aromatic carbocycles. The van der Waals surface area contributed by atoms with E-state index in [1.165, 1.54) is 16.5 Å². The number of hydrogen-bond acceptors (Lipinski definition) is 3. The highest BCUT2D eigenvalue weighted by Crippen LogP contribution is 2.18. The van der Waals surface area contributed by atoms with Gasteiger partial charge in [0.25, 0.3) is 0 Å². The van der Waals surface area contributed by atoms with Gasteiger partial charge in [-0.3, -0.25) is 0 Å². The SMILES string of the molecule is CC(C)(CCc1ccccc1)OC(=O)n1ccnc1. The van der Waals surface area contributed by atoms with Crippen LogP contribution >= 0.6 is 0 Å². The predicted molar refractivity (Wildman–Crippen MR) is 72.9 cm³/mol. The van der Waals surface area contributed by atoms with Crippen LogP contribution in [0.3, 0.4) is 0 Å². The first-order chi connectivity index (χ1) is 9.07. The average Bonchev–Trinajstić information content (AvgIpc) is 2.91. The second kappa shape index (κ2) is 5.69. The largest absolute Gasteiger partial charge is 0.443 e. The van der Waals surface area contributed by atoms with E-state index in [1.807, 2.05) is 32.0 Å². The molecule has 19 heavy (non-hydrogen) atoms. The van der Waals surface area contributed by atoms with Crippen LogP contribution in [0.5, 0.6) is 0 Å². The van der Waals surface area contributed by atoms with Crippen LogP contribution in [-0.2, 0) is 11.2 Å². The van der Waals surface area contributed by atoms with Crippen molar-refractivity contribution in [3.8, 4) is 0 Å². The van der Waals surface area contributed by atoms with E-state index in [0.717, 1.165) is 12.8 Å². The van der Waals surface area contributed by atoms with E-state index in [9.17, 15) is 4.79 Å². The summed E-state index contributed by atoms with van der Waals surface area (Å²) in [6, 6.07) is 10.2. The van der Waals surface area contributed by atoms with Gasteiger partial charge in [0.15, 0.2) is 0 Å². The third kappa shape index (κ3) is 3.95. The Labute approximate surface area is 113 Å². The Hall–Kier alpha value is -2.10. The van der Waals surface area contributed by atoms with E-state index in [4.69, 9.17) is 4.74 Å². The van der Waals surface area contributed by atoms with Crippen LogP contribution in [0.2, 0.25) is 0 Å².